The highest BCUT2D eigenvalue weighted by Crippen LogP contribution is 2.30. The summed E-state index contributed by atoms with van der Waals surface area (Å²) in [5.74, 6) is 0.764. The second-order valence-corrected chi connectivity index (χ2v) is 5.32. The van der Waals surface area contributed by atoms with Gasteiger partial charge in [0.1, 0.15) is 17.5 Å². The first-order valence-corrected chi connectivity index (χ1v) is 7.32. The number of aliphatic carboxylic acids is 1. The van der Waals surface area contributed by atoms with E-state index in [1.807, 2.05) is 0 Å². The number of nitrogens with zero attached hydrogens (tertiary/aromatic N) is 1. The number of benzene rings is 1. The summed E-state index contributed by atoms with van der Waals surface area (Å²) >= 11 is 1.40. The Hall–Kier alpha value is -2.09. The Balaban J connectivity index is 2.17. The Bertz CT molecular complexity index is 551. The van der Waals surface area contributed by atoms with Gasteiger partial charge in [0.25, 0.3) is 0 Å². The zero-order chi connectivity index (χ0) is 15.4. The van der Waals surface area contributed by atoms with E-state index in [0.717, 1.165) is 0 Å². The Morgan fingerprint density at radius 3 is 2.76 bits per heavy atom. The van der Waals surface area contributed by atoms with Gasteiger partial charge in [-0.1, -0.05) is 0 Å². The lowest BCUT2D eigenvalue weighted by molar-refractivity contribution is -0.140. The molecular formula is C13H16N2O5S. The van der Waals surface area contributed by atoms with Crippen LogP contribution >= 0.6 is 11.8 Å². The van der Waals surface area contributed by atoms with Crippen molar-refractivity contribution in [1.82, 2.24) is 4.90 Å². The lowest BCUT2D eigenvalue weighted by atomic mass is 10.2. The maximum absolute atomic E-state index is 12.2. The van der Waals surface area contributed by atoms with Crippen LogP contribution in [0.4, 0.5) is 10.5 Å². The largest absolute Gasteiger partial charge is 0.497 e. The molecule has 1 aromatic rings. The van der Waals surface area contributed by atoms with E-state index in [-0.39, 0.29) is 0 Å². The minimum atomic E-state index is -1.01. The number of carboxylic acids is 1. The predicted octanol–water partition coefficient (Wildman–Crippen LogP) is 1.70. The molecule has 1 aliphatic rings. The fraction of sp³-hybridized carbons (Fsp3) is 0.385. The van der Waals surface area contributed by atoms with E-state index in [1.54, 1.807) is 18.2 Å². The van der Waals surface area contributed by atoms with E-state index in [4.69, 9.17) is 14.6 Å². The second-order valence-electron chi connectivity index (χ2n) is 4.32. The van der Waals surface area contributed by atoms with Crippen molar-refractivity contribution in [2.45, 2.75) is 6.04 Å². The quantitative estimate of drug-likeness (QED) is 0.879. The van der Waals surface area contributed by atoms with Crippen LogP contribution in [0.1, 0.15) is 0 Å². The molecule has 1 saturated heterocycles. The van der Waals surface area contributed by atoms with Crippen molar-refractivity contribution in [3.8, 4) is 11.5 Å². The van der Waals surface area contributed by atoms with Gasteiger partial charge in [0.05, 0.1) is 25.8 Å². The topological polar surface area (TPSA) is 88.1 Å². The molecule has 0 saturated carbocycles. The Kier molecular flexibility index (Phi) is 4.79. The number of ether oxygens (including phenoxy) is 2. The first-order valence-electron chi connectivity index (χ1n) is 6.17. The summed E-state index contributed by atoms with van der Waals surface area (Å²) in [6.45, 7) is 0. The SMILES string of the molecule is COc1ccc(OC)c(NC(=O)N2CSCC2C(=O)O)c1. The van der Waals surface area contributed by atoms with Crippen molar-refractivity contribution < 1.29 is 24.2 Å². The molecule has 0 radical (unpaired) electrons. The van der Waals surface area contributed by atoms with Crippen LogP contribution in [0.3, 0.4) is 0 Å². The molecule has 114 valence electrons. The van der Waals surface area contributed by atoms with E-state index >= 15 is 0 Å². The third-order valence-electron chi connectivity index (χ3n) is 3.08. The molecule has 0 aromatic heterocycles. The van der Waals surface area contributed by atoms with Gasteiger partial charge in [0.2, 0.25) is 0 Å². The number of nitrogens with one attached hydrogen (secondary N) is 1. The van der Waals surface area contributed by atoms with Crippen molar-refractivity contribution in [3.05, 3.63) is 18.2 Å². The normalized spacial score (nSPS) is 17.4. The van der Waals surface area contributed by atoms with Gasteiger partial charge >= 0.3 is 12.0 Å². The third-order valence-corrected chi connectivity index (χ3v) is 4.09. The molecule has 1 aromatic carbocycles. The Morgan fingerprint density at radius 1 is 1.38 bits per heavy atom. The number of methoxy groups -OCH3 is 2. The molecular weight excluding hydrogens is 296 g/mol. The number of urea groups is 1. The number of carbonyl (C=O) groups excluding carboxylic acids is 1. The van der Waals surface area contributed by atoms with Gasteiger partial charge in [-0.15, -0.1) is 11.8 Å². The number of anilines is 1. The molecule has 2 amide bonds. The van der Waals surface area contributed by atoms with Gasteiger partial charge in [-0.2, -0.15) is 0 Å². The van der Waals surface area contributed by atoms with E-state index in [0.29, 0.717) is 28.8 Å². The average Bonchev–Trinajstić information content (AvgIpc) is 2.96. The van der Waals surface area contributed by atoms with Crippen LogP contribution in [0, 0.1) is 0 Å². The molecule has 7 nitrogen and oxygen atoms in total. The Labute approximate surface area is 126 Å². The van der Waals surface area contributed by atoms with Crippen LogP contribution in [0.15, 0.2) is 18.2 Å². The standard InChI is InChI=1S/C13H16N2O5S/c1-19-8-3-4-11(20-2)9(5-8)14-13(18)15-7-21-6-10(15)12(16)17/h3-5,10H,6-7H2,1-2H3,(H,14,18)(H,16,17). The highest BCUT2D eigenvalue weighted by molar-refractivity contribution is 7.99. The van der Waals surface area contributed by atoms with Crippen LogP contribution in [0.5, 0.6) is 11.5 Å². The summed E-state index contributed by atoms with van der Waals surface area (Å²) in [5, 5.41) is 11.8. The van der Waals surface area contributed by atoms with Crippen LogP contribution in [-0.2, 0) is 4.79 Å². The maximum atomic E-state index is 12.2. The minimum Gasteiger partial charge on any atom is -0.497 e. The van der Waals surface area contributed by atoms with E-state index in [9.17, 15) is 9.59 Å². The van der Waals surface area contributed by atoms with E-state index in [1.165, 1.54) is 30.9 Å². The lowest BCUT2D eigenvalue weighted by Crippen LogP contribution is -2.44. The molecule has 1 unspecified atom stereocenters. The number of carbonyl (C=O) groups is 2. The van der Waals surface area contributed by atoms with Gasteiger partial charge in [-0.3, -0.25) is 0 Å². The van der Waals surface area contributed by atoms with Crippen LogP contribution < -0.4 is 14.8 Å². The molecule has 2 N–H and O–H groups in total. The van der Waals surface area contributed by atoms with Crippen molar-refractivity contribution in [1.29, 1.82) is 0 Å². The fourth-order valence-electron chi connectivity index (χ4n) is 1.95. The summed E-state index contributed by atoms with van der Waals surface area (Å²) in [7, 11) is 3.01. The number of hydrogen-bond donors (Lipinski definition) is 2. The number of carboxylic acid groups (broad SMARTS) is 1. The van der Waals surface area contributed by atoms with Gasteiger partial charge in [-0.05, 0) is 12.1 Å². The first kappa shape index (κ1) is 15.3. The zero-order valence-electron chi connectivity index (χ0n) is 11.7. The van der Waals surface area contributed by atoms with Gasteiger partial charge in [-0.25, -0.2) is 9.59 Å². The number of amides is 2. The highest BCUT2D eigenvalue weighted by atomic mass is 32.2. The Morgan fingerprint density at radius 2 is 2.14 bits per heavy atom. The van der Waals surface area contributed by atoms with Crippen LogP contribution in [-0.4, -0.2) is 53.9 Å². The monoisotopic (exact) mass is 312 g/mol. The molecule has 1 heterocycles. The third kappa shape index (κ3) is 3.33. The molecule has 21 heavy (non-hydrogen) atoms. The molecule has 2 rings (SSSR count). The predicted molar refractivity (Wildman–Crippen MR) is 79.2 cm³/mol. The molecule has 1 aliphatic heterocycles. The fourth-order valence-corrected chi connectivity index (χ4v) is 3.09. The number of thioether (sulfide) groups is 1. The van der Waals surface area contributed by atoms with Crippen molar-refractivity contribution in [3.63, 3.8) is 0 Å². The summed E-state index contributed by atoms with van der Waals surface area (Å²) in [5.41, 5.74) is 0.433. The van der Waals surface area contributed by atoms with Crippen LogP contribution in [0.25, 0.3) is 0 Å². The molecule has 0 spiro atoms. The summed E-state index contributed by atoms with van der Waals surface area (Å²) in [6.07, 6.45) is 0. The minimum absolute atomic E-state index is 0.342. The number of hydrogen-bond acceptors (Lipinski definition) is 5. The highest BCUT2D eigenvalue weighted by Gasteiger charge is 2.34. The van der Waals surface area contributed by atoms with Crippen molar-refractivity contribution in [2.24, 2.45) is 0 Å². The van der Waals surface area contributed by atoms with Gasteiger partial charge in [0.15, 0.2) is 0 Å². The summed E-state index contributed by atoms with van der Waals surface area (Å²) in [6, 6.07) is 3.71. The second kappa shape index (κ2) is 6.57. The molecule has 1 fully saturated rings. The molecule has 0 aliphatic carbocycles. The number of rotatable bonds is 4. The van der Waals surface area contributed by atoms with Crippen molar-refractivity contribution in [2.75, 3.05) is 31.2 Å². The molecule has 1 atom stereocenters. The molecule has 8 heteroatoms. The van der Waals surface area contributed by atoms with Crippen LogP contribution in [0.2, 0.25) is 0 Å². The van der Waals surface area contributed by atoms with Crippen molar-refractivity contribution >= 4 is 29.4 Å². The van der Waals surface area contributed by atoms with E-state index < -0.39 is 18.0 Å². The van der Waals surface area contributed by atoms with Gasteiger partial charge in [0, 0.05) is 11.8 Å². The maximum Gasteiger partial charge on any atom is 0.327 e. The smallest absolute Gasteiger partial charge is 0.327 e. The lowest BCUT2D eigenvalue weighted by Gasteiger charge is -2.21. The van der Waals surface area contributed by atoms with Gasteiger partial charge < -0.3 is 24.8 Å². The summed E-state index contributed by atoms with van der Waals surface area (Å²) in [4.78, 5) is 24.6. The van der Waals surface area contributed by atoms with E-state index in [2.05, 4.69) is 5.32 Å². The average molecular weight is 312 g/mol. The first-order chi connectivity index (χ1) is 10.1. The zero-order valence-corrected chi connectivity index (χ0v) is 12.5. The molecule has 0 bridgehead atoms. The summed E-state index contributed by atoms with van der Waals surface area (Å²) < 4.78 is 10.3.